The zero-order chi connectivity index (χ0) is 28.9. The van der Waals surface area contributed by atoms with Crippen molar-refractivity contribution < 1.29 is 35.8 Å². The third kappa shape index (κ3) is 7.76. The van der Waals surface area contributed by atoms with Gasteiger partial charge in [-0.05, 0) is 93.1 Å². The van der Waals surface area contributed by atoms with Crippen LogP contribution >= 0.6 is 0 Å². The zero-order valence-electron chi connectivity index (χ0n) is 24.0. The molecule has 228 valence electrons. The average Bonchev–Trinajstić information content (AvgIpc) is 2.93. The number of hydrogen-bond acceptors (Lipinski definition) is 2. The first-order valence-corrected chi connectivity index (χ1v) is 15.6. The molecule has 2 unspecified atom stereocenters. The van der Waals surface area contributed by atoms with Gasteiger partial charge < -0.3 is 9.47 Å². The Kier molecular flexibility index (Phi) is 10.9. The molecule has 2 nitrogen and oxygen atoms in total. The lowest BCUT2D eigenvalue weighted by Gasteiger charge is -2.38. The van der Waals surface area contributed by atoms with Crippen LogP contribution in [0.15, 0.2) is 12.1 Å². The summed E-state index contributed by atoms with van der Waals surface area (Å²) in [6.07, 6.45) is 2.91. The molecule has 0 spiro atoms. The predicted octanol–water partition coefficient (Wildman–Crippen LogP) is 10.5. The van der Waals surface area contributed by atoms with E-state index in [1.807, 2.05) is 0 Å². The number of hydrogen-bond donors (Lipinski definition) is 0. The summed E-state index contributed by atoms with van der Waals surface area (Å²) in [7, 11) is 0. The molecule has 0 aromatic heterocycles. The summed E-state index contributed by atoms with van der Waals surface area (Å²) >= 11 is 0. The van der Waals surface area contributed by atoms with E-state index in [-0.39, 0.29) is 24.7 Å². The lowest BCUT2D eigenvalue weighted by atomic mass is 9.68. The molecule has 0 bridgehead atoms. The number of ether oxygens (including phenoxy) is 2. The Morgan fingerprint density at radius 1 is 0.825 bits per heavy atom. The number of unbranched alkanes of at least 4 members (excludes halogenated alkanes) is 2. The summed E-state index contributed by atoms with van der Waals surface area (Å²) in [5.74, 6) is -0.0327. The molecule has 40 heavy (non-hydrogen) atoms. The van der Waals surface area contributed by atoms with E-state index in [0.717, 1.165) is 56.6 Å². The van der Waals surface area contributed by atoms with Crippen LogP contribution in [0.3, 0.4) is 0 Å². The molecule has 3 aliphatic rings. The molecular weight excluding hydrogens is 530 g/mol. The first-order chi connectivity index (χ1) is 19.0. The van der Waals surface area contributed by atoms with Crippen molar-refractivity contribution in [1.82, 2.24) is 0 Å². The van der Waals surface area contributed by atoms with Gasteiger partial charge in [0.2, 0.25) is 0 Å². The summed E-state index contributed by atoms with van der Waals surface area (Å²) in [5.41, 5.74) is -3.45. The minimum Gasteiger partial charge on any atom is -0.376 e. The highest BCUT2D eigenvalue weighted by atomic mass is 19.4. The van der Waals surface area contributed by atoms with E-state index < -0.39 is 41.3 Å². The molecular formula is C32H46F6O2. The van der Waals surface area contributed by atoms with Crippen molar-refractivity contribution in [2.45, 2.75) is 141 Å². The van der Waals surface area contributed by atoms with Crippen molar-refractivity contribution in [1.29, 1.82) is 0 Å². The second-order valence-electron chi connectivity index (χ2n) is 12.5. The summed E-state index contributed by atoms with van der Waals surface area (Å²) in [6.45, 7) is 4.20. The molecule has 2 saturated carbocycles. The standard InChI is InChI=1S/C32H46F6O2/c1-3-5-6-7-25-16-17-26(20-39-25)40-32(37,38)28-19-18-27(30(33)29(28)31(34,35)36)24-14-12-23(13-15-24)22-10-8-21(4-2)9-11-22/h18-19,21-26H,3-17,20H2,1-2H3. The van der Waals surface area contributed by atoms with Crippen molar-refractivity contribution in [3.63, 3.8) is 0 Å². The van der Waals surface area contributed by atoms with E-state index in [1.54, 1.807) is 0 Å². The minimum atomic E-state index is -5.27. The Hall–Kier alpha value is -1.28. The molecule has 3 fully saturated rings. The van der Waals surface area contributed by atoms with Crippen LogP contribution in [0, 0.1) is 23.6 Å². The smallest absolute Gasteiger partial charge is 0.376 e. The van der Waals surface area contributed by atoms with Gasteiger partial charge in [0, 0.05) is 0 Å². The van der Waals surface area contributed by atoms with Crippen molar-refractivity contribution in [3.8, 4) is 0 Å². The monoisotopic (exact) mass is 576 g/mol. The summed E-state index contributed by atoms with van der Waals surface area (Å²) in [4.78, 5) is 0. The van der Waals surface area contributed by atoms with Gasteiger partial charge in [0.05, 0.1) is 24.4 Å². The van der Waals surface area contributed by atoms with E-state index in [4.69, 9.17) is 9.47 Å². The first-order valence-electron chi connectivity index (χ1n) is 15.6. The van der Waals surface area contributed by atoms with Crippen LogP contribution in [0.4, 0.5) is 26.3 Å². The van der Waals surface area contributed by atoms with Crippen LogP contribution in [0.1, 0.15) is 133 Å². The van der Waals surface area contributed by atoms with Gasteiger partial charge in [0.25, 0.3) is 0 Å². The summed E-state index contributed by atoms with van der Waals surface area (Å²) in [6, 6.07) is 1.87. The van der Waals surface area contributed by atoms with E-state index in [9.17, 15) is 13.2 Å². The SMILES string of the molecule is CCCCCC1CCC(OC(F)(F)c2ccc(C3CCC(C4CCC(CC)CC4)CC3)c(F)c2C(F)(F)F)CO1. The molecule has 1 aromatic rings. The second-order valence-corrected chi connectivity index (χ2v) is 12.5. The molecule has 0 radical (unpaired) electrons. The highest BCUT2D eigenvalue weighted by Gasteiger charge is 2.48. The quantitative estimate of drug-likeness (QED) is 0.204. The molecule has 1 aliphatic heterocycles. The molecule has 1 heterocycles. The predicted molar refractivity (Wildman–Crippen MR) is 144 cm³/mol. The summed E-state index contributed by atoms with van der Waals surface area (Å²) in [5, 5.41) is 0. The lowest BCUT2D eigenvalue weighted by Crippen LogP contribution is -2.37. The van der Waals surface area contributed by atoms with Gasteiger partial charge in [-0.1, -0.05) is 58.4 Å². The van der Waals surface area contributed by atoms with Crippen molar-refractivity contribution in [2.24, 2.45) is 17.8 Å². The molecule has 0 amide bonds. The third-order valence-electron chi connectivity index (χ3n) is 9.89. The minimum absolute atomic E-state index is 0.0519. The fourth-order valence-electron chi connectivity index (χ4n) is 7.39. The highest BCUT2D eigenvalue weighted by Crippen LogP contribution is 2.48. The Balaban J connectivity index is 1.42. The van der Waals surface area contributed by atoms with E-state index in [2.05, 4.69) is 13.8 Å². The fourth-order valence-corrected chi connectivity index (χ4v) is 7.39. The van der Waals surface area contributed by atoms with E-state index in [0.29, 0.717) is 31.1 Å². The zero-order valence-corrected chi connectivity index (χ0v) is 24.0. The van der Waals surface area contributed by atoms with Crippen LogP contribution in [-0.4, -0.2) is 18.8 Å². The van der Waals surface area contributed by atoms with Crippen molar-refractivity contribution in [2.75, 3.05) is 6.61 Å². The average molecular weight is 577 g/mol. The normalized spacial score (nSPS) is 30.4. The Morgan fingerprint density at radius 3 is 2.02 bits per heavy atom. The molecule has 0 N–H and O–H groups in total. The Morgan fingerprint density at radius 2 is 1.48 bits per heavy atom. The highest BCUT2D eigenvalue weighted by molar-refractivity contribution is 5.39. The van der Waals surface area contributed by atoms with Gasteiger partial charge in [-0.2, -0.15) is 22.0 Å². The second kappa shape index (κ2) is 13.8. The third-order valence-corrected chi connectivity index (χ3v) is 9.89. The molecule has 2 aliphatic carbocycles. The van der Waals surface area contributed by atoms with Gasteiger partial charge in [-0.25, -0.2) is 4.39 Å². The van der Waals surface area contributed by atoms with Gasteiger partial charge in [0.15, 0.2) is 0 Å². The summed E-state index contributed by atoms with van der Waals surface area (Å²) < 4.78 is 98.7. The van der Waals surface area contributed by atoms with Crippen molar-refractivity contribution >= 4 is 0 Å². The van der Waals surface area contributed by atoms with Crippen LogP contribution in [-0.2, 0) is 21.8 Å². The van der Waals surface area contributed by atoms with Gasteiger partial charge in [-0.15, -0.1) is 0 Å². The number of rotatable bonds is 10. The van der Waals surface area contributed by atoms with Gasteiger partial charge in [0.1, 0.15) is 11.4 Å². The molecule has 1 saturated heterocycles. The van der Waals surface area contributed by atoms with Crippen LogP contribution in [0.2, 0.25) is 0 Å². The molecule has 2 atom stereocenters. The molecule has 4 rings (SSSR count). The fraction of sp³-hybridized carbons (Fsp3) is 0.812. The Bertz CT molecular complexity index is 924. The van der Waals surface area contributed by atoms with Crippen LogP contribution < -0.4 is 0 Å². The number of alkyl halides is 5. The number of benzene rings is 1. The maximum absolute atomic E-state index is 15.5. The lowest BCUT2D eigenvalue weighted by molar-refractivity contribution is -0.291. The number of halogens is 6. The van der Waals surface area contributed by atoms with E-state index in [1.165, 1.54) is 32.1 Å². The van der Waals surface area contributed by atoms with Gasteiger partial charge >= 0.3 is 12.3 Å². The maximum atomic E-state index is 15.5. The largest absolute Gasteiger partial charge is 0.419 e. The van der Waals surface area contributed by atoms with Crippen molar-refractivity contribution in [3.05, 3.63) is 34.6 Å². The van der Waals surface area contributed by atoms with Crippen LogP contribution in [0.25, 0.3) is 0 Å². The van der Waals surface area contributed by atoms with E-state index >= 15 is 13.2 Å². The van der Waals surface area contributed by atoms with Crippen LogP contribution in [0.5, 0.6) is 0 Å². The molecule has 1 aromatic carbocycles. The molecule has 8 heteroatoms. The maximum Gasteiger partial charge on any atom is 0.419 e. The topological polar surface area (TPSA) is 18.5 Å². The Labute approximate surface area is 235 Å². The first kappa shape index (κ1) is 31.7. The van der Waals surface area contributed by atoms with Gasteiger partial charge in [-0.3, -0.25) is 0 Å².